The fourth-order valence-electron chi connectivity index (χ4n) is 1.94. The molecule has 1 fully saturated rings. The molecule has 0 spiro atoms. The van der Waals surface area contributed by atoms with Crippen molar-refractivity contribution in [2.45, 2.75) is 6.42 Å². The normalized spacial score (nSPS) is 15.4. The minimum atomic E-state index is -0.348. The summed E-state index contributed by atoms with van der Waals surface area (Å²) in [7, 11) is 1.35. The van der Waals surface area contributed by atoms with Gasteiger partial charge in [0.25, 0.3) is 0 Å². The molecule has 1 aromatic rings. The van der Waals surface area contributed by atoms with Gasteiger partial charge in [-0.15, -0.1) is 11.3 Å². The number of carbonyl (C=O) groups excluding carboxylic acids is 2. The monoisotopic (exact) mass is 284 g/mol. The number of nitrogens with zero attached hydrogens (tertiary/aromatic N) is 3. The zero-order chi connectivity index (χ0) is 13.8. The number of rotatable bonds is 2. The smallest absolute Gasteiger partial charge is 0.409 e. The lowest BCUT2D eigenvalue weighted by molar-refractivity contribution is -0.132. The van der Waals surface area contributed by atoms with Crippen molar-refractivity contribution in [1.29, 1.82) is 0 Å². The number of anilines is 1. The molecule has 0 aliphatic carbocycles. The molecule has 0 saturated carbocycles. The van der Waals surface area contributed by atoms with Crippen LogP contribution in [-0.2, 0) is 16.0 Å². The van der Waals surface area contributed by atoms with Gasteiger partial charge in [-0.2, -0.15) is 0 Å². The number of carbonyl (C=O) groups is 2. The maximum atomic E-state index is 12.0. The summed E-state index contributed by atoms with van der Waals surface area (Å²) in [5, 5.41) is 2.26. The van der Waals surface area contributed by atoms with Gasteiger partial charge in [-0.3, -0.25) is 4.79 Å². The van der Waals surface area contributed by atoms with E-state index in [4.69, 9.17) is 5.73 Å². The first kappa shape index (κ1) is 13.6. The van der Waals surface area contributed by atoms with Gasteiger partial charge in [0.15, 0.2) is 5.13 Å². The second-order valence-corrected chi connectivity index (χ2v) is 5.08. The number of amides is 2. The molecule has 2 amide bonds. The van der Waals surface area contributed by atoms with E-state index in [0.717, 1.165) is 0 Å². The van der Waals surface area contributed by atoms with Crippen LogP contribution in [0.2, 0.25) is 0 Å². The number of methoxy groups -OCH3 is 1. The van der Waals surface area contributed by atoms with Crippen molar-refractivity contribution in [3.63, 3.8) is 0 Å². The summed E-state index contributed by atoms with van der Waals surface area (Å²) in [6.45, 7) is 2.04. The summed E-state index contributed by atoms with van der Waals surface area (Å²) in [6, 6.07) is 0. The molecule has 2 heterocycles. The Balaban J connectivity index is 1.84. The van der Waals surface area contributed by atoms with Crippen LogP contribution in [0.25, 0.3) is 0 Å². The molecule has 0 unspecified atom stereocenters. The Hall–Kier alpha value is -1.83. The lowest BCUT2D eigenvalue weighted by Crippen LogP contribution is -2.50. The summed E-state index contributed by atoms with van der Waals surface area (Å²) < 4.78 is 4.64. The van der Waals surface area contributed by atoms with Gasteiger partial charge in [-0.25, -0.2) is 9.78 Å². The van der Waals surface area contributed by atoms with Gasteiger partial charge in [0.1, 0.15) is 0 Å². The van der Waals surface area contributed by atoms with Crippen molar-refractivity contribution in [3.05, 3.63) is 11.1 Å². The third kappa shape index (κ3) is 3.34. The summed E-state index contributed by atoms with van der Waals surface area (Å²) in [4.78, 5) is 30.7. The molecule has 2 N–H and O–H groups in total. The highest BCUT2D eigenvalue weighted by molar-refractivity contribution is 7.13. The summed E-state index contributed by atoms with van der Waals surface area (Å²) in [5.74, 6) is 0.00909. The molecule has 1 saturated heterocycles. The average molecular weight is 284 g/mol. The molecular formula is C11H16N4O3S. The van der Waals surface area contributed by atoms with Gasteiger partial charge < -0.3 is 20.3 Å². The molecule has 2 rings (SSSR count). The van der Waals surface area contributed by atoms with Crippen molar-refractivity contribution < 1.29 is 14.3 Å². The van der Waals surface area contributed by atoms with Crippen LogP contribution in [0.3, 0.4) is 0 Å². The second kappa shape index (κ2) is 5.87. The van der Waals surface area contributed by atoms with Crippen molar-refractivity contribution in [1.82, 2.24) is 14.8 Å². The van der Waals surface area contributed by atoms with Crippen LogP contribution >= 0.6 is 11.3 Å². The number of thiazole rings is 1. The van der Waals surface area contributed by atoms with Crippen molar-refractivity contribution >= 4 is 28.5 Å². The minimum Gasteiger partial charge on any atom is -0.453 e. The highest BCUT2D eigenvalue weighted by Crippen LogP contribution is 2.13. The van der Waals surface area contributed by atoms with Crippen LogP contribution < -0.4 is 5.73 Å². The van der Waals surface area contributed by atoms with Gasteiger partial charge in [0, 0.05) is 31.6 Å². The third-order valence-corrected chi connectivity index (χ3v) is 3.69. The van der Waals surface area contributed by atoms with E-state index in [-0.39, 0.29) is 18.4 Å². The molecule has 0 radical (unpaired) electrons. The molecule has 104 valence electrons. The van der Waals surface area contributed by atoms with Crippen LogP contribution in [0.1, 0.15) is 5.69 Å². The van der Waals surface area contributed by atoms with Gasteiger partial charge in [-0.1, -0.05) is 0 Å². The third-order valence-electron chi connectivity index (χ3n) is 2.97. The first-order chi connectivity index (χ1) is 9.10. The quantitative estimate of drug-likeness (QED) is 0.836. The predicted molar refractivity (Wildman–Crippen MR) is 70.8 cm³/mol. The average Bonchev–Trinajstić information content (AvgIpc) is 2.83. The lowest BCUT2D eigenvalue weighted by Gasteiger charge is -2.33. The number of hydrogen-bond donors (Lipinski definition) is 1. The van der Waals surface area contributed by atoms with E-state index in [2.05, 4.69) is 9.72 Å². The van der Waals surface area contributed by atoms with E-state index in [0.29, 0.717) is 37.0 Å². The molecule has 0 atom stereocenters. The Kier molecular flexibility index (Phi) is 4.20. The van der Waals surface area contributed by atoms with Crippen molar-refractivity contribution in [3.8, 4) is 0 Å². The lowest BCUT2D eigenvalue weighted by atomic mass is 10.2. The van der Waals surface area contributed by atoms with E-state index in [1.54, 1.807) is 15.2 Å². The number of nitrogens with two attached hydrogens (primary N) is 1. The molecular weight excluding hydrogens is 268 g/mol. The first-order valence-electron chi connectivity index (χ1n) is 5.90. The zero-order valence-corrected chi connectivity index (χ0v) is 11.5. The summed E-state index contributed by atoms with van der Waals surface area (Å²) >= 11 is 1.33. The number of hydrogen-bond acceptors (Lipinski definition) is 6. The van der Waals surface area contributed by atoms with Gasteiger partial charge >= 0.3 is 6.09 Å². The Morgan fingerprint density at radius 3 is 2.53 bits per heavy atom. The Bertz CT molecular complexity index is 468. The second-order valence-electron chi connectivity index (χ2n) is 4.19. The number of aromatic nitrogens is 1. The molecule has 7 nitrogen and oxygen atoms in total. The Labute approximate surface area is 115 Å². The highest BCUT2D eigenvalue weighted by Gasteiger charge is 2.24. The molecule has 8 heteroatoms. The minimum absolute atomic E-state index is 0.00909. The van der Waals surface area contributed by atoms with Crippen LogP contribution in [0.15, 0.2) is 5.38 Å². The van der Waals surface area contributed by atoms with E-state index in [1.165, 1.54) is 18.4 Å². The molecule has 1 aromatic heterocycles. The maximum absolute atomic E-state index is 12.0. The predicted octanol–water partition coefficient (Wildman–Crippen LogP) is 0.178. The van der Waals surface area contributed by atoms with E-state index >= 15 is 0 Å². The molecule has 1 aliphatic heterocycles. The van der Waals surface area contributed by atoms with Gasteiger partial charge in [0.05, 0.1) is 19.2 Å². The van der Waals surface area contributed by atoms with Crippen LogP contribution in [0, 0.1) is 0 Å². The Morgan fingerprint density at radius 2 is 2.00 bits per heavy atom. The van der Waals surface area contributed by atoms with Gasteiger partial charge in [0.2, 0.25) is 5.91 Å². The van der Waals surface area contributed by atoms with Crippen LogP contribution in [0.4, 0.5) is 9.93 Å². The standard InChI is InChI=1S/C11H16N4O3S/c1-18-11(17)15-4-2-14(3-5-15)9(16)6-8-7-19-10(12)13-8/h7H,2-6H2,1H3,(H2,12,13). The summed E-state index contributed by atoms with van der Waals surface area (Å²) in [5.41, 5.74) is 6.22. The number of ether oxygens (including phenoxy) is 1. The first-order valence-corrected chi connectivity index (χ1v) is 6.78. The number of piperazine rings is 1. The Morgan fingerprint density at radius 1 is 1.37 bits per heavy atom. The SMILES string of the molecule is COC(=O)N1CCN(C(=O)Cc2csc(N)n2)CC1. The largest absolute Gasteiger partial charge is 0.453 e. The molecule has 0 bridgehead atoms. The van der Waals surface area contributed by atoms with Crippen LogP contribution in [0.5, 0.6) is 0 Å². The topological polar surface area (TPSA) is 88.8 Å². The molecule has 1 aliphatic rings. The zero-order valence-electron chi connectivity index (χ0n) is 10.7. The highest BCUT2D eigenvalue weighted by atomic mass is 32.1. The van der Waals surface area contributed by atoms with E-state index < -0.39 is 0 Å². The maximum Gasteiger partial charge on any atom is 0.409 e. The van der Waals surface area contributed by atoms with Crippen molar-refractivity contribution in [2.24, 2.45) is 0 Å². The summed E-state index contributed by atoms with van der Waals surface area (Å²) in [6.07, 6.45) is -0.0919. The van der Waals surface area contributed by atoms with Crippen molar-refractivity contribution in [2.75, 3.05) is 39.0 Å². The molecule has 19 heavy (non-hydrogen) atoms. The van der Waals surface area contributed by atoms with E-state index in [1.807, 2.05) is 0 Å². The fourth-order valence-corrected chi connectivity index (χ4v) is 2.50. The fraction of sp³-hybridized carbons (Fsp3) is 0.545. The van der Waals surface area contributed by atoms with Crippen LogP contribution in [-0.4, -0.2) is 60.1 Å². The van der Waals surface area contributed by atoms with Gasteiger partial charge in [-0.05, 0) is 0 Å². The van der Waals surface area contributed by atoms with E-state index in [9.17, 15) is 9.59 Å². The molecule has 0 aromatic carbocycles. The number of nitrogen functional groups attached to an aromatic ring is 1.